The Balaban J connectivity index is 2.62. The molecule has 0 fully saturated rings. The zero-order chi connectivity index (χ0) is 12.4. The second-order valence-electron chi connectivity index (χ2n) is 3.59. The third-order valence-electron chi connectivity index (χ3n) is 2.47. The van der Waals surface area contributed by atoms with Crippen molar-refractivity contribution in [1.29, 1.82) is 0 Å². The van der Waals surface area contributed by atoms with Gasteiger partial charge in [0.2, 0.25) is 0 Å². The number of allylic oxidation sites excluding steroid dienone is 3. The number of rotatable bonds is 2. The Morgan fingerprint density at radius 1 is 1.53 bits per heavy atom. The number of hydrogen-bond acceptors (Lipinski definition) is 3. The van der Waals surface area contributed by atoms with Crippen LogP contribution in [0.1, 0.15) is 12.6 Å². The maximum atomic E-state index is 13.4. The molecule has 86 valence electrons. The van der Waals surface area contributed by atoms with E-state index in [9.17, 15) is 4.39 Å². The molecule has 17 heavy (non-hydrogen) atoms. The summed E-state index contributed by atoms with van der Waals surface area (Å²) < 4.78 is 13.4. The van der Waals surface area contributed by atoms with Gasteiger partial charge < -0.3 is 5.73 Å². The number of fused-ring (bicyclic) bond motifs is 1. The fraction of sp³-hybridized carbons (Fsp3) is 0.0769. The van der Waals surface area contributed by atoms with Gasteiger partial charge in [-0.15, -0.1) is 0 Å². The van der Waals surface area contributed by atoms with E-state index in [1.54, 1.807) is 25.3 Å². The Kier molecular flexibility index (Phi) is 2.87. The molecular formula is C13H12FN3. The summed E-state index contributed by atoms with van der Waals surface area (Å²) in [5.74, 6) is -0.410. The summed E-state index contributed by atoms with van der Waals surface area (Å²) in [6, 6.07) is 5.21. The van der Waals surface area contributed by atoms with E-state index in [1.807, 2.05) is 6.07 Å². The highest BCUT2D eigenvalue weighted by molar-refractivity contribution is 5.90. The van der Waals surface area contributed by atoms with Crippen LogP contribution in [0.2, 0.25) is 0 Å². The van der Waals surface area contributed by atoms with Crippen LogP contribution in [-0.4, -0.2) is 9.97 Å². The lowest BCUT2D eigenvalue weighted by molar-refractivity contribution is 0.671. The number of hydrogen-bond donors (Lipinski definition) is 1. The summed E-state index contributed by atoms with van der Waals surface area (Å²) in [4.78, 5) is 8.33. The second kappa shape index (κ2) is 4.33. The average Bonchev–Trinajstić information content (AvgIpc) is 2.37. The number of nitrogen functional groups attached to an aromatic ring is 1. The van der Waals surface area contributed by atoms with Crippen molar-refractivity contribution < 1.29 is 4.39 Å². The quantitative estimate of drug-likeness (QED) is 0.805. The number of nitrogens with zero attached hydrogens (tertiary/aromatic N) is 2. The lowest BCUT2D eigenvalue weighted by Crippen LogP contribution is -1.96. The van der Waals surface area contributed by atoms with E-state index in [0.29, 0.717) is 17.0 Å². The molecule has 3 nitrogen and oxygen atoms in total. The van der Waals surface area contributed by atoms with Crippen molar-refractivity contribution in [3.05, 3.63) is 48.6 Å². The van der Waals surface area contributed by atoms with Gasteiger partial charge in [0.1, 0.15) is 5.83 Å². The zero-order valence-corrected chi connectivity index (χ0v) is 9.44. The van der Waals surface area contributed by atoms with Crippen LogP contribution in [0.5, 0.6) is 0 Å². The van der Waals surface area contributed by atoms with Gasteiger partial charge in [0.05, 0.1) is 5.69 Å². The lowest BCUT2D eigenvalue weighted by atomic mass is 10.1. The van der Waals surface area contributed by atoms with Crippen LogP contribution in [0.4, 0.5) is 10.1 Å². The minimum atomic E-state index is -0.410. The molecule has 4 heteroatoms. The topological polar surface area (TPSA) is 51.8 Å². The summed E-state index contributed by atoms with van der Waals surface area (Å²) in [6.45, 7) is 5.25. The minimum Gasteiger partial charge on any atom is -0.398 e. The van der Waals surface area contributed by atoms with Crippen LogP contribution in [0.15, 0.2) is 42.9 Å². The van der Waals surface area contributed by atoms with E-state index in [-0.39, 0.29) is 5.57 Å². The normalized spacial score (nSPS) is 11.8. The highest BCUT2D eigenvalue weighted by Gasteiger charge is 2.09. The molecule has 0 aromatic carbocycles. The SMILES string of the molecule is C=C(C(F)=CC)c1cc(N)c2cccnc2n1. The maximum absolute atomic E-state index is 13.4. The fourth-order valence-corrected chi connectivity index (χ4v) is 1.53. The van der Waals surface area contributed by atoms with Crippen molar-refractivity contribution in [2.75, 3.05) is 5.73 Å². The molecule has 2 aromatic rings. The van der Waals surface area contributed by atoms with E-state index in [1.165, 1.54) is 6.08 Å². The van der Waals surface area contributed by atoms with Crippen molar-refractivity contribution in [2.24, 2.45) is 0 Å². The first-order chi connectivity index (χ1) is 8.13. The Morgan fingerprint density at radius 3 is 3.00 bits per heavy atom. The smallest absolute Gasteiger partial charge is 0.161 e. The summed E-state index contributed by atoms with van der Waals surface area (Å²) in [6.07, 6.45) is 2.95. The van der Waals surface area contributed by atoms with E-state index >= 15 is 0 Å². The Hall–Kier alpha value is -2.23. The summed E-state index contributed by atoms with van der Waals surface area (Å²) in [5.41, 5.74) is 7.50. The average molecular weight is 229 g/mol. The molecule has 2 heterocycles. The van der Waals surface area contributed by atoms with Gasteiger partial charge in [-0.3, -0.25) is 0 Å². The van der Waals surface area contributed by atoms with Gasteiger partial charge in [0.15, 0.2) is 5.65 Å². The molecular weight excluding hydrogens is 217 g/mol. The Bertz CT molecular complexity index is 617. The monoisotopic (exact) mass is 229 g/mol. The third-order valence-corrected chi connectivity index (χ3v) is 2.47. The van der Waals surface area contributed by atoms with Gasteiger partial charge in [-0.1, -0.05) is 12.7 Å². The van der Waals surface area contributed by atoms with Crippen LogP contribution in [0.3, 0.4) is 0 Å². The number of aromatic nitrogens is 2. The van der Waals surface area contributed by atoms with E-state index in [0.717, 1.165) is 5.39 Å². The molecule has 0 saturated heterocycles. The van der Waals surface area contributed by atoms with Crippen molar-refractivity contribution in [2.45, 2.75) is 6.92 Å². The standard InChI is InChI=1S/C13H12FN3/c1-3-10(14)8(2)12-7-11(15)9-5-4-6-16-13(9)17-12/h3-7H,2H2,1H3,(H2,15,16,17). The molecule has 0 saturated carbocycles. The van der Waals surface area contributed by atoms with Gasteiger partial charge in [-0.25, -0.2) is 14.4 Å². The first-order valence-corrected chi connectivity index (χ1v) is 5.16. The summed E-state index contributed by atoms with van der Waals surface area (Å²) >= 11 is 0. The molecule has 0 amide bonds. The van der Waals surface area contributed by atoms with Gasteiger partial charge in [0.25, 0.3) is 0 Å². The first-order valence-electron chi connectivity index (χ1n) is 5.16. The molecule has 0 bridgehead atoms. The first kappa shape index (κ1) is 11.3. The van der Waals surface area contributed by atoms with Gasteiger partial charge in [0, 0.05) is 22.8 Å². The van der Waals surface area contributed by atoms with Crippen molar-refractivity contribution >= 4 is 22.3 Å². The van der Waals surface area contributed by atoms with Gasteiger partial charge >= 0.3 is 0 Å². The fourth-order valence-electron chi connectivity index (χ4n) is 1.53. The number of pyridine rings is 2. The Labute approximate surface area is 98.5 Å². The zero-order valence-electron chi connectivity index (χ0n) is 9.44. The van der Waals surface area contributed by atoms with Crippen molar-refractivity contribution in [1.82, 2.24) is 9.97 Å². The van der Waals surface area contributed by atoms with Crippen LogP contribution in [0, 0.1) is 0 Å². The maximum Gasteiger partial charge on any atom is 0.161 e. The van der Waals surface area contributed by atoms with E-state index in [2.05, 4.69) is 16.5 Å². The summed E-state index contributed by atoms with van der Waals surface area (Å²) in [7, 11) is 0. The highest BCUT2D eigenvalue weighted by atomic mass is 19.1. The largest absolute Gasteiger partial charge is 0.398 e. The van der Waals surface area contributed by atoms with Crippen molar-refractivity contribution in [3.8, 4) is 0 Å². The molecule has 2 rings (SSSR count). The molecule has 0 atom stereocenters. The van der Waals surface area contributed by atoms with Crippen LogP contribution in [-0.2, 0) is 0 Å². The predicted octanol–water partition coefficient (Wildman–Crippen LogP) is 3.10. The predicted molar refractivity (Wildman–Crippen MR) is 67.8 cm³/mol. The molecule has 2 N–H and O–H groups in total. The van der Waals surface area contributed by atoms with Crippen LogP contribution >= 0.6 is 0 Å². The molecule has 0 aliphatic carbocycles. The number of anilines is 1. The van der Waals surface area contributed by atoms with Gasteiger partial charge in [-0.2, -0.15) is 0 Å². The highest BCUT2D eigenvalue weighted by Crippen LogP contribution is 2.25. The molecule has 2 aromatic heterocycles. The van der Waals surface area contributed by atoms with Gasteiger partial charge in [-0.05, 0) is 25.1 Å². The molecule has 0 aliphatic rings. The Morgan fingerprint density at radius 2 is 2.29 bits per heavy atom. The van der Waals surface area contributed by atoms with Crippen LogP contribution in [0.25, 0.3) is 16.6 Å². The second-order valence-corrected chi connectivity index (χ2v) is 3.59. The molecule has 0 unspecified atom stereocenters. The number of halogens is 1. The molecule has 0 spiro atoms. The van der Waals surface area contributed by atoms with E-state index in [4.69, 9.17) is 5.73 Å². The minimum absolute atomic E-state index is 0.215. The third kappa shape index (κ3) is 2.01. The van der Waals surface area contributed by atoms with Crippen molar-refractivity contribution in [3.63, 3.8) is 0 Å². The molecule has 0 radical (unpaired) electrons. The van der Waals surface area contributed by atoms with Crippen LogP contribution < -0.4 is 5.73 Å². The molecule has 0 aliphatic heterocycles. The lowest BCUT2D eigenvalue weighted by Gasteiger charge is -2.06. The number of nitrogens with two attached hydrogens (primary N) is 1. The summed E-state index contributed by atoms with van der Waals surface area (Å²) in [5, 5.41) is 0.755. The van der Waals surface area contributed by atoms with E-state index < -0.39 is 5.83 Å².